The fraction of sp³-hybridized carbons (Fsp3) is 0.138. The summed E-state index contributed by atoms with van der Waals surface area (Å²) < 4.78 is 22.0. The van der Waals surface area contributed by atoms with Crippen LogP contribution < -0.4 is 15.4 Å². The van der Waals surface area contributed by atoms with Gasteiger partial charge in [0, 0.05) is 36.4 Å². The molecule has 0 fully saturated rings. The van der Waals surface area contributed by atoms with Gasteiger partial charge in [-0.3, -0.25) is 4.79 Å². The van der Waals surface area contributed by atoms with Crippen molar-refractivity contribution in [2.45, 2.75) is 13.2 Å². The predicted octanol–water partition coefficient (Wildman–Crippen LogP) is 5.68. The lowest BCUT2D eigenvalue weighted by Gasteiger charge is -2.13. The van der Waals surface area contributed by atoms with E-state index in [9.17, 15) is 9.18 Å². The molecule has 0 aliphatic carbocycles. The van der Waals surface area contributed by atoms with Crippen molar-refractivity contribution >= 4 is 34.4 Å². The molecule has 2 heterocycles. The van der Waals surface area contributed by atoms with E-state index in [4.69, 9.17) is 27.1 Å². The van der Waals surface area contributed by atoms with E-state index in [1.54, 1.807) is 30.3 Å². The van der Waals surface area contributed by atoms with Crippen LogP contribution in [-0.2, 0) is 13.2 Å². The van der Waals surface area contributed by atoms with Crippen molar-refractivity contribution in [1.82, 2.24) is 14.5 Å². The van der Waals surface area contributed by atoms with Gasteiger partial charge in [0.2, 0.25) is 5.91 Å². The number of halogens is 2. The van der Waals surface area contributed by atoms with Crippen molar-refractivity contribution in [3.8, 4) is 16.9 Å². The molecule has 0 spiro atoms. The number of nitrogens with zero attached hydrogens (tertiary/aromatic N) is 4. The standard InChI is InChI=1S/C29H25ClFN5O2/c1-35(2)27-12-6-20(15-33-27)19-5-11-25-26(14-19)36(16-21-13-22(31)7-10-24(21)30)28(34-25)17-38-23-8-3-18(4-9-23)29(32)37/h3-15H,16-17H2,1-2H3,(H2,32,37). The number of primary amides is 1. The smallest absolute Gasteiger partial charge is 0.248 e. The summed E-state index contributed by atoms with van der Waals surface area (Å²) in [4.78, 5) is 22.6. The van der Waals surface area contributed by atoms with Gasteiger partial charge in [0.15, 0.2) is 0 Å². The van der Waals surface area contributed by atoms with Crippen LogP contribution in [0.15, 0.2) is 79.0 Å². The van der Waals surface area contributed by atoms with Crippen LogP contribution in [0.5, 0.6) is 5.75 Å². The largest absolute Gasteiger partial charge is 0.486 e. The molecule has 1 amide bonds. The highest BCUT2D eigenvalue weighted by atomic mass is 35.5. The quantitative estimate of drug-likeness (QED) is 0.279. The molecule has 0 saturated heterocycles. The lowest BCUT2D eigenvalue weighted by Crippen LogP contribution is -2.11. The summed E-state index contributed by atoms with van der Waals surface area (Å²) in [6, 6.07) is 20.8. The van der Waals surface area contributed by atoms with Crippen LogP contribution in [0.4, 0.5) is 10.2 Å². The Morgan fingerprint density at radius 2 is 1.79 bits per heavy atom. The molecule has 2 aromatic heterocycles. The fourth-order valence-corrected chi connectivity index (χ4v) is 4.34. The van der Waals surface area contributed by atoms with Gasteiger partial charge in [0.1, 0.15) is 29.8 Å². The summed E-state index contributed by atoms with van der Waals surface area (Å²) in [6.07, 6.45) is 1.83. The van der Waals surface area contributed by atoms with Gasteiger partial charge in [0.25, 0.3) is 0 Å². The predicted molar refractivity (Wildman–Crippen MR) is 147 cm³/mol. The summed E-state index contributed by atoms with van der Waals surface area (Å²) in [7, 11) is 3.89. The average molecular weight is 530 g/mol. The molecule has 5 aromatic rings. The van der Waals surface area contributed by atoms with Gasteiger partial charge >= 0.3 is 0 Å². The monoisotopic (exact) mass is 529 g/mol. The Kier molecular flexibility index (Phi) is 6.98. The van der Waals surface area contributed by atoms with Gasteiger partial charge in [-0.05, 0) is 77.9 Å². The maximum atomic E-state index is 14.1. The molecular weight excluding hydrogens is 505 g/mol. The van der Waals surface area contributed by atoms with Crippen LogP contribution in [-0.4, -0.2) is 34.5 Å². The number of carbonyl (C=O) groups is 1. The SMILES string of the molecule is CN(C)c1ccc(-c2ccc3nc(COc4ccc(C(N)=O)cc4)n(Cc4cc(F)ccc4Cl)c3c2)cn1. The van der Waals surface area contributed by atoms with Crippen LogP contribution in [0.1, 0.15) is 21.7 Å². The molecule has 0 saturated carbocycles. The van der Waals surface area contributed by atoms with Crippen molar-refractivity contribution in [2.24, 2.45) is 5.73 Å². The number of hydrogen-bond acceptors (Lipinski definition) is 5. The molecule has 192 valence electrons. The molecule has 7 nitrogen and oxygen atoms in total. The van der Waals surface area contributed by atoms with Gasteiger partial charge in [0.05, 0.1) is 17.6 Å². The van der Waals surface area contributed by atoms with Gasteiger partial charge in [-0.25, -0.2) is 14.4 Å². The first-order valence-corrected chi connectivity index (χ1v) is 12.3. The van der Waals surface area contributed by atoms with E-state index in [0.717, 1.165) is 28.0 Å². The molecule has 0 atom stereocenters. The second-order valence-electron chi connectivity index (χ2n) is 9.03. The average Bonchev–Trinajstić information content (AvgIpc) is 3.26. The number of amides is 1. The second kappa shape index (κ2) is 10.5. The van der Waals surface area contributed by atoms with Crippen molar-refractivity contribution in [3.05, 3.63) is 107 Å². The number of aromatic nitrogens is 3. The Morgan fingerprint density at radius 1 is 1.03 bits per heavy atom. The topological polar surface area (TPSA) is 86.3 Å². The van der Waals surface area contributed by atoms with Crippen molar-refractivity contribution in [2.75, 3.05) is 19.0 Å². The fourth-order valence-electron chi connectivity index (χ4n) is 4.16. The first kappa shape index (κ1) is 25.2. The van der Waals surface area contributed by atoms with E-state index >= 15 is 0 Å². The molecule has 0 unspecified atom stereocenters. The highest BCUT2D eigenvalue weighted by molar-refractivity contribution is 6.31. The zero-order chi connectivity index (χ0) is 26.8. The Labute approximate surface area is 224 Å². The normalized spacial score (nSPS) is 11.1. The maximum absolute atomic E-state index is 14.1. The Morgan fingerprint density at radius 3 is 2.47 bits per heavy atom. The summed E-state index contributed by atoms with van der Waals surface area (Å²) in [6.45, 7) is 0.444. The third-order valence-electron chi connectivity index (χ3n) is 6.21. The van der Waals surface area contributed by atoms with Gasteiger partial charge in [-0.1, -0.05) is 17.7 Å². The summed E-state index contributed by atoms with van der Waals surface area (Å²) in [5.41, 5.74) is 9.89. The highest BCUT2D eigenvalue weighted by Gasteiger charge is 2.15. The minimum atomic E-state index is -0.507. The number of anilines is 1. The Bertz CT molecular complexity index is 1620. The Hall–Kier alpha value is -4.43. The van der Waals surface area contributed by atoms with Crippen molar-refractivity contribution in [3.63, 3.8) is 0 Å². The molecule has 5 rings (SSSR count). The summed E-state index contributed by atoms with van der Waals surface area (Å²) >= 11 is 6.42. The second-order valence-corrected chi connectivity index (χ2v) is 9.44. The minimum Gasteiger partial charge on any atom is -0.486 e. The number of benzene rings is 3. The maximum Gasteiger partial charge on any atom is 0.248 e. The molecule has 0 aliphatic heterocycles. The molecule has 0 bridgehead atoms. The number of rotatable bonds is 8. The van der Waals surface area contributed by atoms with Gasteiger partial charge < -0.3 is 19.9 Å². The van der Waals surface area contributed by atoms with E-state index in [2.05, 4.69) is 4.98 Å². The first-order valence-electron chi connectivity index (χ1n) is 11.9. The molecule has 0 radical (unpaired) electrons. The lowest BCUT2D eigenvalue weighted by atomic mass is 10.1. The number of pyridine rings is 1. The number of nitrogens with two attached hydrogens (primary N) is 1. The van der Waals surface area contributed by atoms with Gasteiger partial charge in [-0.2, -0.15) is 0 Å². The third-order valence-corrected chi connectivity index (χ3v) is 6.58. The first-order chi connectivity index (χ1) is 18.3. The van der Waals surface area contributed by atoms with Crippen LogP contribution in [0.2, 0.25) is 5.02 Å². The van der Waals surface area contributed by atoms with Crippen molar-refractivity contribution < 1.29 is 13.9 Å². The number of hydrogen-bond donors (Lipinski definition) is 1. The minimum absolute atomic E-state index is 0.145. The zero-order valence-electron chi connectivity index (χ0n) is 20.9. The molecule has 0 aliphatic rings. The van der Waals surface area contributed by atoms with Crippen molar-refractivity contribution in [1.29, 1.82) is 0 Å². The van der Waals surface area contributed by atoms with Crippen LogP contribution in [0, 0.1) is 5.82 Å². The highest BCUT2D eigenvalue weighted by Crippen LogP contribution is 2.28. The van der Waals surface area contributed by atoms with Crippen LogP contribution in [0.3, 0.4) is 0 Å². The lowest BCUT2D eigenvalue weighted by molar-refractivity contribution is 0.1000. The zero-order valence-corrected chi connectivity index (χ0v) is 21.6. The van der Waals surface area contributed by atoms with E-state index in [-0.39, 0.29) is 12.4 Å². The van der Waals surface area contributed by atoms with Gasteiger partial charge in [-0.15, -0.1) is 0 Å². The number of ether oxygens (including phenoxy) is 1. The van der Waals surface area contributed by atoms with E-state index in [0.29, 0.717) is 34.3 Å². The summed E-state index contributed by atoms with van der Waals surface area (Å²) in [5.74, 6) is 1.19. The number of fused-ring (bicyclic) bond motifs is 1. The summed E-state index contributed by atoms with van der Waals surface area (Å²) in [5, 5.41) is 0.460. The van der Waals surface area contributed by atoms with Crippen LogP contribution >= 0.6 is 11.6 Å². The number of imidazole rings is 1. The molecule has 2 N–H and O–H groups in total. The molecular formula is C29H25ClFN5O2. The van der Waals surface area contributed by atoms with E-state index in [1.165, 1.54) is 12.1 Å². The molecule has 3 aromatic carbocycles. The van der Waals surface area contributed by atoms with E-state index < -0.39 is 5.91 Å². The number of carbonyl (C=O) groups excluding carboxylic acids is 1. The Balaban J connectivity index is 1.53. The third kappa shape index (κ3) is 5.31. The molecule has 9 heteroatoms. The van der Waals surface area contributed by atoms with E-state index in [1.807, 2.05) is 60.1 Å². The molecule has 38 heavy (non-hydrogen) atoms. The van der Waals surface area contributed by atoms with Crippen LogP contribution in [0.25, 0.3) is 22.2 Å².